The maximum Gasteiger partial charge on any atom is 0.185 e. The third-order valence-electron chi connectivity index (χ3n) is 4.08. The zero-order valence-electron chi connectivity index (χ0n) is 14.7. The van der Waals surface area contributed by atoms with Gasteiger partial charge >= 0.3 is 0 Å². The molecule has 122 valence electrons. The van der Waals surface area contributed by atoms with Gasteiger partial charge in [-0.2, -0.15) is 0 Å². The molecule has 1 N–H and O–H groups in total. The first-order valence-corrected chi connectivity index (χ1v) is 9.34. The van der Waals surface area contributed by atoms with Gasteiger partial charge < -0.3 is 10.2 Å². The molecule has 0 radical (unpaired) electrons. The molecule has 4 heteroatoms. The van der Waals surface area contributed by atoms with Crippen LogP contribution in [0.3, 0.4) is 0 Å². The van der Waals surface area contributed by atoms with Crippen molar-refractivity contribution in [2.45, 2.75) is 66.8 Å². The van der Waals surface area contributed by atoms with E-state index >= 15 is 0 Å². The van der Waals surface area contributed by atoms with Crippen LogP contribution in [-0.4, -0.2) is 24.6 Å². The number of rotatable bonds is 10. The van der Waals surface area contributed by atoms with Crippen LogP contribution in [0.15, 0.2) is 0 Å². The molecule has 21 heavy (non-hydrogen) atoms. The van der Waals surface area contributed by atoms with Crippen molar-refractivity contribution in [3.05, 3.63) is 10.6 Å². The molecule has 0 aromatic carbocycles. The summed E-state index contributed by atoms with van der Waals surface area (Å²) in [7, 11) is 0. The van der Waals surface area contributed by atoms with Gasteiger partial charge in [0.2, 0.25) is 0 Å². The lowest BCUT2D eigenvalue weighted by atomic mass is 10.0. The number of hydrogen-bond donors (Lipinski definition) is 1. The zero-order chi connectivity index (χ0) is 15.8. The van der Waals surface area contributed by atoms with Crippen LogP contribution in [0.25, 0.3) is 0 Å². The van der Waals surface area contributed by atoms with Crippen LogP contribution in [0, 0.1) is 5.92 Å². The Morgan fingerprint density at radius 3 is 2.29 bits per heavy atom. The molecule has 0 aliphatic carbocycles. The van der Waals surface area contributed by atoms with Crippen molar-refractivity contribution in [1.29, 1.82) is 0 Å². The summed E-state index contributed by atoms with van der Waals surface area (Å²) in [6.45, 7) is 17.6. The number of hydrogen-bond acceptors (Lipinski definition) is 4. The van der Waals surface area contributed by atoms with Crippen molar-refractivity contribution >= 4 is 16.5 Å². The lowest BCUT2D eigenvalue weighted by molar-refractivity contribution is 0.485. The zero-order valence-corrected chi connectivity index (χ0v) is 15.5. The fourth-order valence-corrected chi connectivity index (χ4v) is 3.76. The highest BCUT2D eigenvalue weighted by molar-refractivity contribution is 7.15. The third kappa shape index (κ3) is 5.26. The summed E-state index contributed by atoms with van der Waals surface area (Å²) in [6.07, 6.45) is 2.50. The normalized spacial score (nSPS) is 11.6. The van der Waals surface area contributed by atoms with Crippen LogP contribution in [0.1, 0.15) is 70.9 Å². The van der Waals surface area contributed by atoms with Crippen molar-refractivity contribution < 1.29 is 0 Å². The molecular weight excluding hydrogens is 278 g/mol. The molecule has 0 unspecified atom stereocenters. The first-order valence-electron chi connectivity index (χ1n) is 8.52. The molecule has 1 rings (SSSR count). The SMILES string of the molecule is CCNCc1sc(N(CC)CC(CC)CC)nc1C(C)C. The summed E-state index contributed by atoms with van der Waals surface area (Å²) in [5, 5.41) is 4.65. The Labute approximate surface area is 135 Å². The maximum absolute atomic E-state index is 4.96. The first-order chi connectivity index (χ1) is 10.1. The van der Waals surface area contributed by atoms with E-state index in [0.29, 0.717) is 5.92 Å². The molecule has 0 aliphatic rings. The first kappa shape index (κ1) is 18.4. The van der Waals surface area contributed by atoms with Crippen molar-refractivity contribution in [2.75, 3.05) is 24.5 Å². The van der Waals surface area contributed by atoms with Gasteiger partial charge in [-0.1, -0.05) is 47.5 Å². The minimum Gasteiger partial charge on any atom is -0.348 e. The Morgan fingerprint density at radius 2 is 1.81 bits per heavy atom. The van der Waals surface area contributed by atoms with Crippen LogP contribution in [0.4, 0.5) is 5.13 Å². The van der Waals surface area contributed by atoms with Crippen molar-refractivity contribution in [1.82, 2.24) is 10.3 Å². The molecule has 1 aromatic rings. The van der Waals surface area contributed by atoms with Gasteiger partial charge in [0.1, 0.15) is 0 Å². The van der Waals surface area contributed by atoms with Crippen molar-refractivity contribution in [3.8, 4) is 0 Å². The van der Waals surface area contributed by atoms with E-state index in [0.717, 1.165) is 32.1 Å². The molecule has 0 fully saturated rings. The standard InChI is InChI=1S/C17H33N3S/c1-7-14(8-2)12-20(10-4)17-19-16(13(5)6)15(21-17)11-18-9-3/h13-14,18H,7-12H2,1-6H3. The molecule has 0 saturated carbocycles. The number of anilines is 1. The molecule has 1 aromatic heterocycles. The Kier molecular flexibility index (Phi) is 8.27. The predicted molar refractivity (Wildman–Crippen MR) is 95.5 cm³/mol. The number of nitrogens with one attached hydrogen (secondary N) is 1. The highest BCUT2D eigenvalue weighted by atomic mass is 32.1. The third-order valence-corrected chi connectivity index (χ3v) is 5.22. The summed E-state index contributed by atoms with van der Waals surface area (Å²) >= 11 is 1.88. The topological polar surface area (TPSA) is 28.2 Å². The summed E-state index contributed by atoms with van der Waals surface area (Å²) < 4.78 is 0. The summed E-state index contributed by atoms with van der Waals surface area (Å²) in [4.78, 5) is 8.83. The van der Waals surface area contributed by atoms with Gasteiger partial charge in [-0.15, -0.1) is 11.3 Å². The average Bonchev–Trinajstić information content (AvgIpc) is 2.90. The van der Waals surface area contributed by atoms with Gasteiger partial charge in [-0.3, -0.25) is 0 Å². The molecule has 0 saturated heterocycles. The lowest BCUT2D eigenvalue weighted by Gasteiger charge is -2.24. The molecule has 0 spiro atoms. The monoisotopic (exact) mass is 311 g/mol. The van der Waals surface area contributed by atoms with E-state index in [1.165, 1.54) is 28.5 Å². The largest absolute Gasteiger partial charge is 0.348 e. The lowest BCUT2D eigenvalue weighted by Crippen LogP contribution is -2.28. The fraction of sp³-hybridized carbons (Fsp3) is 0.824. The molecule has 0 atom stereocenters. The summed E-state index contributed by atoms with van der Waals surface area (Å²) in [6, 6.07) is 0. The van der Waals surface area contributed by atoms with Crippen LogP contribution in [-0.2, 0) is 6.54 Å². The van der Waals surface area contributed by atoms with Crippen molar-refractivity contribution in [3.63, 3.8) is 0 Å². The van der Waals surface area contributed by atoms with E-state index in [2.05, 4.69) is 51.8 Å². The van der Waals surface area contributed by atoms with Crippen LogP contribution < -0.4 is 10.2 Å². The summed E-state index contributed by atoms with van der Waals surface area (Å²) in [5.74, 6) is 1.27. The second kappa shape index (κ2) is 9.42. The van der Waals surface area contributed by atoms with Gasteiger partial charge in [0, 0.05) is 24.5 Å². The fourth-order valence-electron chi connectivity index (χ4n) is 2.50. The quantitative estimate of drug-likeness (QED) is 0.682. The van der Waals surface area contributed by atoms with E-state index in [9.17, 15) is 0 Å². The molecule has 1 heterocycles. The molecule has 0 amide bonds. The van der Waals surface area contributed by atoms with Gasteiger partial charge in [0.05, 0.1) is 5.69 Å². The van der Waals surface area contributed by atoms with Gasteiger partial charge in [0.15, 0.2) is 5.13 Å². The Balaban J connectivity index is 2.93. The minimum absolute atomic E-state index is 0.496. The van der Waals surface area contributed by atoms with Crippen LogP contribution in [0.5, 0.6) is 0 Å². The number of aromatic nitrogens is 1. The van der Waals surface area contributed by atoms with Crippen molar-refractivity contribution in [2.24, 2.45) is 5.92 Å². The molecule has 0 bridgehead atoms. The van der Waals surface area contributed by atoms with E-state index < -0.39 is 0 Å². The number of thiazole rings is 1. The van der Waals surface area contributed by atoms with Crippen LogP contribution in [0.2, 0.25) is 0 Å². The molecule has 3 nitrogen and oxygen atoms in total. The van der Waals surface area contributed by atoms with E-state index in [1.54, 1.807) is 0 Å². The van der Waals surface area contributed by atoms with Crippen LogP contribution >= 0.6 is 11.3 Å². The van der Waals surface area contributed by atoms with E-state index in [-0.39, 0.29) is 0 Å². The van der Waals surface area contributed by atoms with Gasteiger partial charge in [-0.25, -0.2) is 4.98 Å². The highest BCUT2D eigenvalue weighted by Gasteiger charge is 2.19. The van der Waals surface area contributed by atoms with E-state index in [4.69, 9.17) is 4.98 Å². The van der Waals surface area contributed by atoms with Gasteiger partial charge in [0.25, 0.3) is 0 Å². The smallest absolute Gasteiger partial charge is 0.185 e. The second-order valence-corrected chi connectivity index (χ2v) is 7.02. The molecular formula is C17H33N3S. The second-order valence-electron chi connectivity index (χ2n) is 5.96. The number of nitrogens with zero attached hydrogens (tertiary/aromatic N) is 2. The molecule has 0 aliphatic heterocycles. The Hall–Kier alpha value is -0.610. The minimum atomic E-state index is 0.496. The van der Waals surface area contributed by atoms with E-state index in [1.807, 2.05) is 11.3 Å². The van der Waals surface area contributed by atoms with Gasteiger partial charge in [-0.05, 0) is 25.3 Å². The predicted octanol–water partition coefficient (Wildman–Crippen LogP) is 4.64. The summed E-state index contributed by atoms with van der Waals surface area (Å²) in [5.41, 5.74) is 1.28. The average molecular weight is 312 g/mol. The Bertz CT molecular complexity index is 397. The highest BCUT2D eigenvalue weighted by Crippen LogP contribution is 2.31. The Morgan fingerprint density at radius 1 is 1.14 bits per heavy atom. The maximum atomic E-state index is 4.96.